The third-order valence-corrected chi connectivity index (χ3v) is 4.32. The first-order valence-corrected chi connectivity index (χ1v) is 7.58. The number of rotatable bonds is 3. The molecular weight excluding hydrogens is 266 g/mol. The first-order chi connectivity index (χ1) is 9.71. The average molecular weight is 283 g/mol. The van der Waals surface area contributed by atoms with Crippen molar-refractivity contribution in [3.05, 3.63) is 40.8 Å². The maximum atomic E-state index is 4.70. The van der Waals surface area contributed by atoms with Gasteiger partial charge in [0.1, 0.15) is 10.6 Å². The molecule has 3 aromatic rings. The van der Waals surface area contributed by atoms with Gasteiger partial charge in [-0.15, -0.1) is 11.3 Å². The summed E-state index contributed by atoms with van der Waals surface area (Å²) in [4.78, 5) is 11.6. The van der Waals surface area contributed by atoms with E-state index in [4.69, 9.17) is 4.98 Å². The molecule has 0 amide bonds. The number of hydrogen-bond donors (Lipinski definition) is 1. The van der Waals surface area contributed by atoms with Crippen LogP contribution in [0.2, 0.25) is 0 Å². The van der Waals surface area contributed by atoms with Crippen LogP contribution in [0.4, 0.5) is 5.82 Å². The molecule has 0 atom stereocenters. The van der Waals surface area contributed by atoms with Gasteiger partial charge in [-0.1, -0.05) is 31.2 Å². The standard InChI is InChI=1S/C16H17N3S/c1-4-11-5-7-12(8-6-11)14-18-15(17-3)13-9-10(2)20-16(13)19-14/h5-9H,4H2,1-3H3,(H,17,18,19). The lowest BCUT2D eigenvalue weighted by molar-refractivity contribution is 1.14. The zero-order valence-electron chi connectivity index (χ0n) is 11.9. The topological polar surface area (TPSA) is 37.8 Å². The summed E-state index contributed by atoms with van der Waals surface area (Å²) in [5, 5.41) is 4.27. The van der Waals surface area contributed by atoms with Crippen LogP contribution < -0.4 is 5.32 Å². The molecule has 4 heteroatoms. The molecule has 0 aliphatic carbocycles. The van der Waals surface area contributed by atoms with E-state index in [1.54, 1.807) is 11.3 Å². The molecule has 0 radical (unpaired) electrons. The molecule has 0 bridgehead atoms. The minimum absolute atomic E-state index is 0.784. The van der Waals surface area contributed by atoms with Gasteiger partial charge in [0.15, 0.2) is 5.82 Å². The molecule has 3 rings (SSSR count). The van der Waals surface area contributed by atoms with Crippen LogP contribution >= 0.6 is 11.3 Å². The first-order valence-electron chi connectivity index (χ1n) is 6.76. The lowest BCUT2D eigenvalue weighted by Gasteiger charge is -2.06. The van der Waals surface area contributed by atoms with Crippen LogP contribution in [0.5, 0.6) is 0 Å². The van der Waals surface area contributed by atoms with Gasteiger partial charge in [-0.3, -0.25) is 0 Å². The van der Waals surface area contributed by atoms with Crippen molar-refractivity contribution in [3.8, 4) is 11.4 Å². The highest BCUT2D eigenvalue weighted by Gasteiger charge is 2.10. The van der Waals surface area contributed by atoms with Crippen LogP contribution in [0.1, 0.15) is 17.4 Å². The highest BCUT2D eigenvalue weighted by Crippen LogP contribution is 2.30. The highest BCUT2D eigenvalue weighted by molar-refractivity contribution is 7.18. The van der Waals surface area contributed by atoms with E-state index >= 15 is 0 Å². The van der Waals surface area contributed by atoms with Crippen molar-refractivity contribution < 1.29 is 0 Å². The van der Waals surface area contributed by atoms with Gasteiger partial charge in [-0.25, -0.2) is 9.97 Å². The fourth-order valence-corrected chi connectivity index (χ4v) is 3.13. The Kier molecular flexibility index (Phi) is 3.40. The molecule has 0 aliphatic rings. The number of fused-ring (bicyclic) bond motifs is 1. The number of hydrogen-bond acceptors (Lipinski definition) is 4. The third kappa shape index (κ3) is 2.27. The van der Waals surface area contributed by atoms with E-state index < -0.39 is 0 Å². The predicted octanol–water partition coefficient (Wildman–Crippen LogP) is 4.27. The van der Waals surface area contributed by atoms with Crippen molar-refractivity contribution in [2.24, 2.45) is 0 Å². The summed E-state index contributed by atoms with van der Waals surface area (Å²) in [6.07, 6.45) is 1.05. The Labute approximate surface area is 122 Å². The van der Waals surface area contributed by atoms with Crippen LogP contribution in [-0.4, -0.2) is 17.0 Å². The van der Waals surface area contributed by atoms with Crippen LogP contribution in [0, 0.1) is 6.92 Å². The molecule has 0 saturated heterocycles. The Bertz CT molecular complexity index is 744. The van der Waals surface area contributed by atoms with Crippen molar-refractivity contribution in [1.29, 1.82) is 0 Å². The number of nitrogens with zero attached hydrogens (tertiary/aromatic N) is 2. The van der Waals surface area contributed by atoms with Crippen molar-refractivity contribution in [2.75, 3.05) is 12.4 Å². The molecule has 20 heavy (non-hydrogen) atoms. The van der Waals surface area contributed by atoms with E-state index in [9.17, 15) is 0 Å². The molecule has 0 unspecified atom stereocenters. The number of aromatic nitrogens is 2. The van der Waals surface area contributed by atoms with Crippen molar-refractivity contribution >= 4 is 27.4 Å². The van der Waals surface area contributed by atoms with E-state index in [0.717, 1.165) is 33.8 Å². The van der Waals surface area contributed by atoms with Gasteiger partial charge in [0.25, 0.3) is 0 Å². The fraction of sp³-hybridized carbons (Fsp3) is 0.250. The summed E-state index contributed by atoms with van der Waals surface area (Å²) in [6.45, 7) is 4.26. The molecule has 2 aromatic heterocycles. The largest absolute Gasteiger partial charge is 0.372 e. The van der Waals surface area contributed by atoms with Crippen LogP contribution in [0.15, 0.2) is 30.3 Å². The van der Waals surface area contributed by atoms with Gasteiger partial charge < -0.3 is 5.32 Å². The Morgan fingerprint density at radius 3 is 2.55 bits per heavy atom. The molecule has 1 aromatic carbocycles. The Hall–Kier alpha value is -1.94. The fourth-order valence-electron chi connectivity index (χ4n) is 2.25. The Morgan fingerprint density at radius 2 is 1.90 bits per heavy atom. The van der Waals surface area contributed by atoms with Crippen LogP contribution in [-0.2, 0) is 6.42 Å². The normalized spacial score (nSPS) is 10.9. The predicted molar refractivity (Wildman–Crippen MR) is 86.5 cm³/mol. The summed E-state index contributed by atoms with van der Waals surface area (Å²) in [5.74, 6) is 1.68. The second-order valence-corrected chi connectivity index (χ2v) is 6.01. The number of benzene rings is 1. The second-order valence-electron chi connectivity index (χ2n) is 4.77. The van der Waals surface area contributed by atoms with Crippen molar-refractivity contribution in [1.82, 2.24) is 9.97 Å². The van der Waals surface area contributed by atoms with Gasteiger partial charge in [-0.05, 0) is 25.0 Å². The van der Waals surface area contributed by atoms with E-state index in [0.29, 0.717) is 0 Å². The summed E-state index contributed by atoms with van der Waals surface area (Å²) in [5.41, 5.74) is 2.39. The monoisotopic (exact) mass is 283 g/mol. The molecule has 3 nitrogen and oxygen atoms in total. The maximum absolute atomic E-state index is 4.70. The first kappa shape index (κ1) is 13.1. The van der Waals surface area contributed by atoms with Crippen molar-refractivity contribution in [2.45, 2.75) is 20.3 Å². The third-order valence-electron chi connectivity index (χ3n) is 3.37. The van der Waals surface area contributed by atoms with Crippen LogP contribution in [0.3, 0.4) is 0 Å². The molecule has 2 heterocycles. The number of aryl methyl sites for hydroxylation is 2. The van der Waals surface area contributed by atoms with E-state index in [-0.39, 0.29) is 0 Å². The summed E-state index contributed by atoms with van der Waals surface area (Å²) in [6, 6.07) is 10.6. The zero-order chi connectivity index (χ0) is 14.1. The molecule has 0 aliphatic heterocycles. The maximum Gasteiger partial charge on any atom is 0.163 e. The van der Waals surface area contributed by atoms with E-state index in [1.807, 2.05) is 7.05 Å². The number of anilines is 1. The summed E-state index contributed by atoms with van der Waals surface area (Å²) < 4.78 is 0. The second kappa shape index (κ2) is 5.21. The lowest BCUT2D eigenvalue weighted by Crippen LogP contribution is -1.97. The lowest BCUT2D eigenvalue weighted by atomic mass is 10.1. The molecule has 102 valence electrons. The molecular formula is C16H17N3S. The minimum atomic E-state index is 0.784. The minimum Gasteiger partial charge on any atom is -0.372 e. The smallest absolute Gasteiger partial charge is 0.163 e. The van der Waals surface area contributed by atoms with Gasteiger partial charge in [0.2, 0.25) is 0 Å². The average Bonchev–Trinajstić information content (AvgIpc) is 2.86. The van der Waals surface area contributed by atoms with E-state index in [2.05, 4.69) is 54.5 Å². The number of thiophene rings is 1. The SMILES string of the molecule is CCc1ccc(-c2nc(NC)c3cc(C)sc3n2)cc1. The summed E-state index contributed by atoms with van der Waals surface area (Å²) >= 11 is 1.71. The Morgan fingerprint density at radius 1 is 1.15 bits per heavy atom. The quantitative estimate of drug-likeness (QED) is 0.780. The van der Waals surface area contributed by atoms with Gasteiger partial charge >= 0.3 is 0 Å². The van der Waals surface area contributed by atoms with Crippen molar-refractivity contribution in [3.63, 3.8) is 0 Å². The van der Waals surface area contributed by atoms with Gasteiger partial charge in [-0.2, -0.15) is 0 Å². The molecule has 0 fully saturated rings. The van der Waals surface area contributed by atoms with E-state index in [1.165, 1.54) is 10.4 Å². The number of nitrogens with one attached hydrogen (secondary N) is 1. The van der Waals surface area contributed by atoms with Crippen LogP contribution in [0.25, 0.3) is 21.6 Å². The highest BCUT2D eigenvalue weighted by atomic mass is 32.1. The summed E-state index contributed by atoms with van der Waals surface area (Å²) in [7, 11) is 1.90. The van der Waals surface area contributed by atoms with Gasteiger partial charge in [0.05, 0.1) is 5.39 Å². The molecule has 0 saturated carbocycles. The zero-order valence-corrected chi connectivity index (χ0v) is 12.7. The molecule has 0 spiro atoms. The molecule has 1 N–H and O–H groups in total. The Balaban J connectivity index is 2.14. The van der Waals surface area contributed by atoms with Gasteiger partial charge in [0, 0.05) is 17.5 Å².